The van der Waals surface area contributed by atoms with Crippen LogP contribution in [0.1, 0.15) is 37.3 Å². The third-order valence-corrected chi connectivity index (χ3v) is 4.51. The molecule has 0 saturated heterocycles. The van der Waals surface area contributed by atoms with Gasteiger partial charge in [0.05, 0.1) is 12.0 Å². The van der Waals surface area contributed by atoms with E-state index in [1.54, 1.807) is 12.1 Å². The van der Waals surface area contributed by atoms with Crippen LogP contribution in [0.5, 0.6) is 5.75 Å². The highest BCUT2D eigenvalue weighted by Crippen LogP contribution is 2.29. The second kappa shape index (κ2) is 7.59. The number of fused-ring (bicyclic) bond motifs is 3. The van der Waals surface area contributed by atoms with E-state index in [9.17, 15) is 19.5 Å². The lowest BCUT2D eigenvalue weighted by atomic mass is 10.1. The first kappa shape index (κ1) is 18.0. The van der Waals surface area contributed by atoms with Gasteiger partial charge in [-0.2, -0.15) is 0 Å². The number of hydrogen-bond donors (Lipinski definition) is 1. The predicted octanol–water partition coefficient (Wildman–Crippen LogP) is 0.695. The van der Waals surface area contributed by atoms with Crippen molar-refractivity contribution in [2.24, 2.45) is 0 Å². The molecular formula is C19H20NO6-. The van der Waals surface area contributed by atoms with Crippen LogP contribution in [0.3, 0.4) is 0 Å². The summed E-state index contributed by atoms with van der Waals surface area (Å²) in [5.41, 5.74) is 1.87. The van der Waals surface area contributed by atoms with Crippen molar-refractivity contribution < 1.29 is 23.8 Å². The number of carbonyl (C=O) groups excluding carboxylic acids is 2. The van der Waals surface area contributed by atoms with Crippen LogP contribution in [0.2, 0.25) is 0 Å². The molecule has 1 aliphatic rings. The topological polar surface area (TPSA) is 109 Å². The van der Waals surface area contributed by atoms with Gasteiger partial charge in [-0.05, 0) is 43.4 Å². The maximum Gasteiger partial charge on any atom is 0.339 e. The zero-order valence-electron chi connectivity index (χ0n) is 14.5. The van der Waals surface area contributed by atoms with Crippen molar-refractivity contribution in [1.82, 2.24) is 5.32 Å². The zero-order chi connectivity index (χ0) is 18.7. The number of carboxylic acid groups (broad SMARTS) is 1. The minimum absolute atomic E-state index is 0.292. The summed E-state index contributed by atoms with van der Waals surface area (Å²) in [6, 6.07) is 4.06. The molecule has 7 heteroatoms. The van der Waals surface area contributed by atoms with Gasteiger partial charge in [-0.15, -0.1) is 0 Å². The summed E-state index contributed by atoms with van der Waals surface area (Å²) in [6.45, 7) is 1.48. The summed E-state index contributed by atoms with van der Waals surface area (Å²) < 4.78 is 10.8. The second-order valence-corrected chi connectivity index (χ2v) is 6.37. The number of amides is 1. The van der Waals surface area contributed by atoms with Crippen LogP contribution < -0.4 is 20.8 Å². The number of hydrogen-bond acceptors (Lipinski definition) is 6. The largest absolute Gasteiger partial charge is 0.548 e. The van der Waals surface area contributed by atoms with Crippen molar-refractivity contribution in [2.75, 3.05) is 6.61 Å². The number of aliphatic carboxylic acids is 1. The Morgan fingerprint density at radius 3 is 2.81 bits per heavy atom. The third-order valence-electron chi connectivity index (χ3n) is 4.51. The predicted molar refractivity (Wildman–Crippen MR) is 91.8 cm³/mol. The molecule has 1 atom stereocenters. The number of rotatable bonds is 7. The maximum atomic E-state index is 12.0. The molecule has 7 nitrogen and oxygen atoms in total. The fourth-order valence-electron chi connectivity index (χ4n) is 3.28. The van der Waals surface area contributed by atoms with Gasteiger partial charge in [0, 0.05) is 17.0 Å². The fraction of sp³-hybridized carbons (Fsp3) is 0.421. The minimum Gasteiger partial charge on any atom is -0.548 e. The first-order valence-corrected chi connectivity index (χ1v) is 8.71. The van der Waals surface area contributed by atoms with E-state index in [1.807, 2.05) is 13.0 Å². The SMILES string of the molecule is CCC[C@H](NC(=O)COc1ccc2c3c(c(=O)oc2c1)CCC3)C(=O)[O-]. The van der Waals surface area contributed by atoms with E-state index in [-0.39, 0.29) is 12.2 Å². The van der Waals surface area contributed by atoms with Gasteiger partial charge < -0.3 is 24.4 Å². The van der Waals surface area contributed by atoms with Gasteiger partial charge in [0.1, 0.15) is 11.3 Å². The Morgan fingerprint density at radius 2 is 2.08 bits per heavy atom. The quantitative estimate of drug-likeness (QED) is 0.730. The molecule has 0 radical (unpaired) electrons. The highest BCUT2D eigenvalue weighted by molar-refractivity contribution is 5.84. The Bertz CT molecular complexity index is 901. The molecule has 26 heavy (non-hydrogen) atoms. The maximum absolute atomic E-state index is 12.0. The Morgan fingerprint density at radius 1 is 1.31 bits per heavy atom. The van der Waals surface area contributed by atoms with E-state index < -0.39 is 17.9 Å². The molecule has 3 rings (SSSR count). The zero-order valence-corrected chi connectivity index (χ0v) is 14.5. The summed E-state index contributed by atoms with van der Waals surface area (Å²) in [7, 11) is 0. The molecule has 0 unspecified atom stereocenters. The van der Waals surface area contributed by atoms with Crippen molar-refractivity contribution in [2.45, 2.75) is 45.1 Å². The van der Waals surface area contributed by atoms with Crippen molar-refractivity contribution in [3.63, 3.8) is 0 Å². The molecule has 1 amide bonds. The Balaban J connectivity index is 1.70. The Hall–Kier alpha value is -2.83. The summed E-state index contributed by atoms with van der Waals surface area (Å²) in [5, 5.41) is 14.2. The number of carbonyl (C=O) groups is 2. The first-order valence-electron chi connectivity index (χ1n) is 8.71. The van der Waals surface area contributed by atoms with E-state index in [0.717, 1.165) is 35.8 Å². The molecule has 2 aromatic rings. The summed E-state index contributed by atoms with van der Waals surface area (Å²) in [4.78, 5) is 34.9. The van der Waals surface area contributed by atoms with E-state index in [2.05, 4.69) is 5.32 Å². The fourth-order valence-corrected chi connectivity index (χ4v) is 3.28. The van der Waals surface area contributed by atoms with Gasteiger partial charge in [-0.3, -0.25) is 4.79 Å². The van der Waals surface area contributed by atoms with Crippen LogP contribution in [-0.4, -0.2) is 24.5 Å². The van der Waals surface area contributed by atoms with Gasteiger partial charge in [-0.1, -0.05) is 13.3 Å². The molecule has 1 aliphatic carbocycles. The third kappa shape index (κ3) is 3.71. The Kier molecular flexibility index (Phi) is 5.25. The molecule has 0 spiro atoms. The van der Waals surface area contributed by atoms with E-state index >= 15 is 0 Å². The normalized spacial score (nSPS) is 14.0. The minimum atomic E-state index is -1.32. The van der Waals surface area contributed by atoms with Gasteiger partial charge in [0.2, 0.25) is 0 Å². The second-order valence-electron chi connectivity index (χ2n) is 6.37. The number of ether oxygens (including phenoxy) is 1. The number of carboxylic acids is 1. The lowest BCUT2D eigenvalue weighted by Crippen LogP contribution is -2.49. The van der Waals surface area contributed by atoms with Crippen LogP contribution in [0.4, 0.5) is 0 Å². The lowest BCUT2D eigenvalue weighted by molar-refractivity contribution is -0.308. The average Bonchev–Trinajstić information content (AvgIpc) is 3.10. The highest BCUT2D eigenvalue weighted by atomic mass is 16.5. The van der Waals surface area contributed by atoms with Crippen molar-refractivity contribution >= 4 is 22.8 Å². The van der Waals surface area contributed by atoms with E-state index in [4.69, 9.17) is 9.15 Å². The van der Waals surface area contributed by atoms with Crippen molar-refractivity contribution in [1.29, 1.82) is 0 Å². The summed E-state index contributed by atoms with van der Waals surface area (Å²) in [6.07, 6.45) is 3.43. The molecular weight excluding hydrogens is 338 g/mol. The molecule has 0 fully saturated rings. The number of nitrogens with one attached hydrogen (secondary N) is 1. The number of aryl methyl sites for hydroxylation is 1. The molecule has 1 N–H and O–H groups in total. The van der Waals surface area contributed by atoms with E-state index in [1.165, 1.54) is 0 Å². The first-order chi connectivity index (χ1) is 12.5. The molecule has 1 aromatic heterocycles. The van der Waals surface area contributed by atoms with Gasteiger partial charge in [0.15, 0.2) is 6.61 Å². The molecule has 138 valence electrons. The van der Waals surface area contributed by atoms with E-state index in [0.29, 0.717) is 24.2 Å². The molecule has 0 aliphatic heterocycles. The average molecular weight is 358 g/mol. The van der Waals surface area contributed by atoms with Gasteiger partial charge >= 0.3 is 5.63 Å². The number of benzene rings is 1. The van der Waals surface area contributed by atoms with Crippen LogP contribution in [0.15, 0.2) is 27.4 Å². The molecule has 0 bridgehead atoms. The summed E-state index contributed by atoms with van der Waals surface area (Å²) >= 11 is 0. The Labute approximate surface area is 150 Å². The molecule has 1 heterocycles. The van der Waals surface area contributed by atoms with Gasteiger partial charge in [0.25, 0.3) is 5.91 Å². The van der Waals surface area contributed by atoms with Crippen molar-refractivity contribution in [3.05, 3.63) is 39.7 Å². The highest BCUT2D eigenvalue weighted by Gasteiger charge is 2.20. The molecule has 0 saturated carbocycles. The van der Waals surface area contributed by atoms with Crippen LogP contribution in [0, 0.1) is 0 Å². The standard InChI is InChI=1S/C19H21NO6/c1-2-4-15(18(22)23)20-17(21)10-25-11-7-8-13-12-5-3-6-14(12)19(24)26-16(13)9-11/h7-9,15H,2-6,10H2,1H3,(H,20,21)(H,22,23)/p-1/t15-/m0/s1. The van der Waals surface area contributed by atoms with Gasteiger partial charge in [-0.25, -0.2) is 4.79 Å². The van der Waals surface area contributed by atoms with Crippen molar-refractivity contribution in [3.8, 4) is 5.75 Å². The van der Waals surface area contributed by atoms with Crippen LogP contribution in [0.25, 0.3) is 11.0 Å². The lowest BCUT2D eigenvalue weighted by Gasteiger charge is -2.19. The van der Waals surface area contributed by atoms with Crippen LogP contribution in [-0.2, 0) is 22.4 Å². The smallest absolute Gasteiger partial charge is 0.339 e. The van der Waals surface area contributed by atoms with Crippen LogP contribution >= 0.6 is 0 Å². The summed E-state index contributed by atoms with van der Waals surface area (Å²) in [5.74, 6) is -1.50. The molecule has 1 aromatic carbocycles. The monoisotopic (exact) mass is 358 g/mol.